The molecule has 10 heteroatoms. The van der Waals surface area contributed by atoms with E-state index >= 15 is 0 Å². The number of fused-ring (bicyclic) bond motifs is 1. The fraction of sp³-hybridized carbons (Fsp3) is 0.500. The van der Waals surface area contributed by atoms with E-state index in [9.17, 15) is 9.59 Å². The average molecular weight is 460 g/mol. The Morgan fingerprint density at radius 2 is 2.09 bits per heavy atom. The Bertz CT molecular complexity index is 958. The number of amides is 3. The molecule has 1 saturated heterocycles. The van der Waals surface area contributed by atoms with Gasteiger partial charge in [0.1, 0.15) is 22.9 Å². The summed E-state index contributed by atoms with van der Waals surface area (Å²) in [6.07, 6.45) is 5.41. The minimum absolute atomic E-state index is 0.0802. The quantitative estimate of drug-likeness (QED) is 0.470. The normalized spacial score (nSPS) is 15.2. The van der Waals surface area contributed by atoms with Gasteiger partial charge in [0.25, 0.3) is 5.91 Å². The summed E-state index contributed by atoms with van der Waals surface area (Å²) in [6, 6.07) is 5.51. The number of rotatable bonds is 10. The molecule has 3 amide bonds. The molecule has 4 rings (SSSR count). The zero-order chi connectivity index (χ0) is 22.3. The number of aromatic nitrogens is 1. The lowest BCUT2D eigenvalue weighted by Crippen LogP contribution is -2.30. The van der Waals surface area contributed by atoms with Gasteiger partial charge in [0.05, 0.1) is 6.61 Å². The van der Waals surface area contributed by atoms with Crippen LogP contribution in [-0.2, 0) is 13.0 Å². The molecule has 2 aliphatic heterocycles. The Balaban J connectivity index is 1.26. The van der Waals surface area contributed by atoms with Crippen LogP contribution in [-0.4, -0.2) is 54.0 Å². The lowest BCUT2D eigenvalue weighted by molar-refractivity contribution is 0.0996. The van der Waals surface area contributed by atoms with Crippen molar-refractivity contribution in [1.82, 2.24) is 14.6 Å². The zero-order valence-electron chi connectivity index (χ0n) is 18.0. The summed E-state index contributed by atoms with van der Waals surface area (Å²) in [7, 11) is 0. The number of primary amides is 1. The van der Waals surface area contributed by atoms with Crippen molar-refractivity contribution in [1.29, 1.82) is 0 Å². The largest absolute Gasteiger partial charge is 0.493 e. The molecule has 0 spiro atoms. The minimum Gasteiger partial charge on any atom is -0.493 e. The Hall–Kier alpha value is -2.85. The van der Waals surface area contributed by atoms with Crippen molar-refractivity contribution >= 4 is 28.5 Å². The van der Waals surface area contributed by atoms with Crippen LogP contribution in [0.25, 0.3) is 0 Å². The van der Waals surface area contributed by atoms with Gasteiger partial charge in [0, 0.05) is 13.0 Å². The maximum absolute atomic E-state index is 12.2. The van der Waals surface area contributed by atoms with E-state index in [1.54, 1.807) is 0 Å². The van der Waals surface area contributed by atoms with Crippen LogP contribution in [0.2, 0.25) is 0 Å². The molecule has 2 aromatic rings. The zero-order valence-corrected chi connectivity index (χ0v) is 18.8. The summed E-state index contributed by atoms with van der Waals surface area (Å²) < 4.78 is 15.5. The van der Waals surface area contributed by atoms with Crippen LogP contribution < -0.4 is 25.8 Å². The average Bonchev–Trinajstić information content (AvgIpc) is 3.52. The van der Waals surface area contributed by atoms with Crippen molar-refractivity contribution in [2.24, 2.45) is 5.73 Å². The highest BCUT2D eigenvalue weighted by Crippen LogP contribution is 2.31. The number of carbonyl (C=O) groups is 2. The summed E-state index contributed by atoms with van der Waals surface area (Å²) in [5.41, 5.74) is 7.68. The summed E-state index contributed by atoms with van der Waals surface area (Å²) in [5, 5.41) is 5.77. The molecule has 9 nitrogen and oxygen atoms in total. The highest BCUT2D eigenvalue weighted by atomic mass is 32.1. The van der Waals surface area contributed by atoms with E-state index in [1.165, 1.54) is 31.5 Å². The molecule has 0 atom stereocenters. The molecule has 1 fully saturated rings. The van der Waals surface area contributed by atoms with Gasteiger partial charge in [0.2, 0.25) is 5.88 Å². The van der Waals surface area contributed by atoms with Crippen molar-refractivity contribution in [2.45, 2.75) is 38.7 Å². The number of unbranched alkanes of at least 4 members (excludes halogenated alkanes) is 1. The van der Waals surface area contributed by atoms with Crippen LogP contribution in [0.1, 0.15) is 47.2 Å². The first-order chi connectivity index (χ1) is 15.6. The monoisotopic (exact) mass is 459 g/mol. The smallest absolute Gasteiger partial charge is 0.319 e. The van der Waals surface area contributed by atoms with E-state index in [1.807, 2.05) is 18.2 Å². The van der Waals surface area contributed by atoms with Gasteiger partial charge in [-0.15, -0.1) is 0 Å². The van der Waals surface area contributed by atoms with E-state index in [2.05, 4.69) is 19.9 Å². The van der Waals surface area contributed by atoms with Crippen molar-refractivity contribution in [3.05, 3.63) is 34.9 Å². The van der Waals surface area contributed by atoms with Crippen LogP contribution in [0.3, 0.4) is 0 Å². The van der Waals surface area contributed by atoms with E-state index in [-0.39, 0.29) is 29.1 Å². The summed E-state index contributed by atoms with van der Waals surface area (Å²) in [5.74, 6) is 0.274. The van der Waals surface area contributed by atoms with Crippen LogP contribution in [0.15, 0.2) is 18.2 Å². The van der Waals surface area contributed by atoms with Crippen LogP contribution in [0.5, 0.6) is 11.6 Å². The number of benzene rings is 1. The van der Waals surface area contributed by atoms with E-state index < -0.39 is 5.91 Å². The molecule has 0 saturated carbocycles. The van der Waals surface area contributed by atoms with Gasteiger partial charge >= 0.3 is 6.03 Å². The number of nitrogens with one attached hydrogen (secondary N) is 2. The molecule has 2 aliphatic rings. The standard InChI is InChI=1S/C22H29N5O4S/c23-19(28)18-20(31-14-15-5-6-16-7-12-30-17(16)13-15)26-32-21(18)25-22(29)24-8-1-2-9-27-10-3-4-11-27/h5-6,13H,1-4,7-12,14H2,(H2,23,28)(H2,24,25,29). The van der Waals surface area contributed by atoms with Crippen LogP contribution in [0.4, 0.5) is 9.80 Å². The van der Waals surface area contributed by atoms with E-state index in [4.69, 9.17) is 15.2 Å². The van der Waals surface area contributed by atoms with Gasteiger partial charge in [-0.2, -0.15) is 4.37 Å². The number of nitrogens with zero attached hydrogens (tertiary/aromatic N) is 2. The topological polar surface area (TPSA) is 119 Å². The third-order valence-corrected chi connectivity index (χ3v) is 6.40. The molecule has 0 radical (unpaired) electrons. The molecule has 172 valence electrons. The molecule has 0 bridgehead atoms. The Kier molecular flexibility index (Phi) is 7.43. The summed E-state index contributed by atoms with van der Waals surface area (Å²) in [6.45, 7) is 4.89. The second-order valence-corrected chi connectivity index (χ2v) is 8.80. The van der Waals surface area contributed by atoms with Crippen LogP contribution in [0, 0.1) is 0 Å². The van der Waals surface area contributed by atoms with Crippen molar-refractivity contribution in [3.8, 4) is 11.6 Å². The highest BCUT2D eigenvalue weighted by Gasteiger charge is 2.22. The first kappa shape index (κ1) is 22.3. The highest BCUT2D eigenvalue weighted by molar-refractivity contribution is 7.11. The van der Waals surface area contributed by atoms with Gasteiger partial charge < -0.3 is 25.4 Å². The molecular formula is C22H29N5O4S. The Labute approximate surface area is 191 Å². The second-order valence-electron chi connectivity index (χ2n) is 8.02. The number of hydrogen-bond donors (Lipinski definition) is 3. The Morgan fingerprint density at radius 3 is 2.91 bits per heavy atom. The molecule has 0 unspecified atom stereocenters. The van der Waals surface area contributed by atoms with Gasteiger partial charge in [0.15, 0.2) is 0 Å². The second kappa shape index (κ2) is 10.6. The lowest BCUT2D eigenvalue weighted by Gasteiger charge is -2.14. The van der Waals surface area contributed by atoms with Crippen molar-refractivity contribution in [2.75, 3.05) is 38.1 Å². The number of nitrogens with two attached hydrogens (primary N) is 1. The third kappa shape index (κ3) is 5.68. The molecular weight excluding hydrogens is 430 g/mol. The summed E-state index contributed by atoms with van der Waals surface area (Å²) >= 11 is 0.969. The molecule has 0 aliphatic carbocycles. The lowest BCUT2D eigenvalue weighted by atomic mass is 10.1. The number of hydrogen-bond acceptors (Lipinski definition) is 7. The van der Waals surface area contributed by atoms with Gasteiger partial charge in [-0.1, -0.05) is 12.1 Å². The first-order valence-corrected chi connectivity index (χ1v) is 11.8. The maximum Gasteiger partial charge on any atom is 0.319 e. The molecule has 1 aromatic carbocycles. The SMILES string of the molecule is NC(=O)c1c(OCc2ccc3c(c2)OCC3)nsc1NC(=O)NCCCCN1CCCC1. The molecule has 1 aromatic heterocycles. The Morgan fingerprint density at radius 1 is 1.25 bits per heavy atom. The third-order valence-electron chi connectivity index (χ3n) is 5.66. The maximum atomic E-state index is 12.2. The fourth-order valence-electron chi connectivity index (χ4n) is 3.94. The number of urea groups is 1. The summed E-state index contributed by atoms with van der Waals surface area (Å²) in [4.78, 5) is 26.7. The van der Waals surface area contributed by atoms with Crippen LogP contribution >= 0.6 is 11.5 Å². The number of carbonyl (C=O) groups excluding carboxylic acids is 2. The minimum atomic E-state index is -0.702. The van der Waals surface area contributed by atoms with Crippen molar-refractivity contribution < 1.29 is 19.1 Å². The van der Waals surface area contributed by atoms with E-state index in [0.717, 1.165) is 48.7 Å². The molecule has 32 heavy (non-hydrogen) atoms. The predicted molar refractivity (Wildman–Crippen MR) is 123 cm³/mol. The van der Waals surface area contributed by atoms with Gasteiger partial charge in [-0.3, -0.25) is 10.1 Å². The fourth-order valence-corrected chi connectivity index (χ4v) is 4.68. The van der Waals surface area contributed by atoms with Gasteiger partial charge in [-0.25, -0.2) is 4.79 Å². The van der Waals surface area contributed by atoms with Gasteiger partial charge in [-0.05, 0) is 74.0 Å². The molecule has 4 N–H and O–H groups in total. The molecule has 3 heterocycles. The number of likely N-dealkylation sites (tertiary alicyclic amines) is 1. The number of ether oxygens (including phenoxy) is 2. The van der Waals surface area contributed by atoms with E-state index in [0.29, 0.717) is 13.2 Å². The first-order valence-electron chi connectivity index (χ1n) is 11.0. The number of anilines is 1. The van der Waals surface area contributed by atoms with Crippen molar-refractivity contribution in [3.63, 3.8) is 0 Å². The predicted octanol–water partition coefficient (Wildman–Crippen LogP) is 2.75.